The Morgan fingerprint density at radius 2 is 2.20 bits per heavy atom. The lowest BCUT2D eigenvalue weighted by Crippen LogP contribution is -2.34. The monoisotopic (exact) mass is 349 g/mol. The van der Waals surface area contributed by atoms with Gasteiger partial charge >= 0.3 is 6.18 Å². The van der Waals surface area contributed by atoms with Crippen molar-refractivity contribution in [3.05, 3.63) is 47.3 Å². The molecular weight excluding hydrogens is 331 g/mol. The van der Waals surface area contributed by atoms with Gasteiger partial charge in [0.1, 0.15) is 5.82 Å². The molecule has 3 aromatic rings. The van der Waals surface area contributed by atoms with Crippen LogP contribution in [-0.2, 0) is 32.6 Å². The van der Waals surface area contributed by atoms with Gasteiger partial charge in [0.2, 0.25) is 0 Å². The third kappa shape index (κ3) is 3.02. The molecule has 0 fully saturated rings. The molecule has 1 aliphatic carbocycles. The minimum atomic E-state index is -4.35. The number of aromatic nitrogens is 4. The van der Waals surface area contributed by atoms with Crippen molar-refractivity contribution in [1.29, 1.82) is 0 Å². The third-order valence-electron chi connectivity index (χ3n) is 4.84. The van der Waals surface area contributed by atoms with Crippen LogP contribution < -0.4 is 5.32 Å². The number of fused-ring (bicyclic) bond motifs is 2. The Hall–Kier alpha value is -2.35. The van der Waals surface area contributed by atoms with Crippen LogP contribution in [0.1, 0.15) is 29.2 Å². The van der Waals surface area contributed by atoms with Crippen molar-refractivity contribution in [2.45, 2.75) is 38.0 Å². The van der Waals surface area contributed by atoms with E-state index in [1.807, 2.05) is 11.6 Å². The van der Waals surface area contributed by atoms with Gasteiger partial charge in [0, 0.05) is 25.2 Å². The Morgan fingerprint density at radius 3 is 3.00 bits per heavy atom. The average Bonchev–Trinajstić information content (AvgIpc) is 3.16. The number of halogens is 3. The van der Waals surface area contributed by atoms with Crippen molar-refractivity contribution in [3.8, 4) is 0 Å². The minimum Gasteiger partial charge on any atom is -0.348 e. The Kier molecular flexibility index (Phi) is 3.79. The van der Waals surface area contributed by atoms with E-state index in [1.54, 1.807) is 6.33 Å². The molecule has 0 radical (unpaired) electrons. The van der Waals surface area contributed by atoms with Gasteiger partial charge in [0.05, 0.1) is 35.2 Å². The summed E-state index contributed by atoms with van der Waals surface area (Å²) in [6.07, 6.45) is 0.149. The lowest BCUT2D eigenvalue weighted by atomic mass is 9.96. The second-order valence-corrected chi connectivity index (χ2v) is 6.44. The Labute approximate surface area is 142 Å². The predicted octanol–water partition coefficient (Wildman–Crippen LogP) is 2.96. The molecule has 1 aromatic carbocycles. The van der Waals surface area contributed by atoms with Crippen LogP contribution in [0, 0.1) is 0 Å². The number of benzene rings is 1. The van der Waals surface area contributed by atoms with Crippen LogP contribution in [0.5, 0.6) is 0 Å². The second kappa shape index (κ2) is 5.87. The molecule has 0 bridgehead atoms. The van der Waals surface area contributed by atoms with E-state index in [4.69, 9.17) is 0 Å². The van der Waals surface area contributed by atoms with E-state index >= 15 is 0 Å². The molecule has 4 rings (SSSR count). The number of nitrogens with one attached hydrogen (secondary N) is 2. The van der Waals surface area contributed by atoms with Gasteiger partial charge in [0.15, 0.2) is 0 Å². The number of aromatic amines is 1. The highest BCUT2D eigenvalue weighted by molar-refractivity contribution is 5.77. The minimum absolute atomic E-state index is 0.304. The highest BCUT2D eigenvalue weighted by atomic mass is 19.4. The summed E-state index contributed by atoms with van der Waals surface area (Å²) in [5.41, 5.74) is 2.68. The summed E-state index contributed by atoms with van der Waals surface area (Å²) < 4.78 is 40.4. The third-order valence-corrected chi connectivity index (χ3v) is 4.84. The van der Waals surface area contributed by atoms with E-state index in [2.05, 4.69) is 20.3 Å². The number of aryl methyl sites for hydroxylation is 2. The topological polar surface area (TPSA) is 58.5 Å². The van der Waals surface area contributed by atoms with Gasteiger partial charge in [-0.15, -0.1) is 0 Å². The fraction of sp³-hybridized carbons (Fsp3) is 0.412. The van der Waals surface area contributed by atoms with Crippen LogP contribution in [0.3, 0.4) is 0 Å². The number of H-pyrrole nitrogens is 1. The van der Waals surface area contributed by atoms with E-state index in [9.17, 15) is 13.2 Å². The first-order chi connectivity index (χ1) is 11.9. The van der Waals surface area contributed by atoms with Gasteiger partial charge in [-0.2, -0.15) is 13.2 Å². The summed E-state index contributed by atoms with van der Waals surface area (Å²) in [6, 6.07) is 3.99. The van der Waals surface area contributed by atoms with Crippen LogP contribution >= 0.6 is 0 Å². The van der Waals surface area contributed by atoms with Crippen LogP contribution in [-0.4, -0.2) is 25.6 Å². The van der Waals surface area contributed by atoms with Gasteiger partial charge in [-0.25, -0.2) is 9.97 Å². The molecule has 132 valence electrons. The van der Waals surface area contributed by atoms with E-state index in [0.717, 1.165) is 48.6 Å². The summed E-state index contributed by atoms with van der Waals surface area (Å²) >= 11 is 0. The molecule has 25 heavy (non-hydrogen) atoms. The highest BCUT2D eigenvalue weighted by Gasteiger charge is 2.31. The largest absolute Gasteiger partial charge is 0.416 e. The van der Waals surface area contributed by atoms with Crippen molar-refractivity contribution >= 4 is 11.0 Å². The van der Waals surface area contributed by atoms with Gasteiger partial charge in [-0.1, -0.05) is 0 Å². The van der Waals surface area contributed by atoms with E-state index in [1.165, 1.54) is 6.07 Å². The number of imidazole rings is 2. The van der Waals surface area contributed by atoms with Gasteiger partial charge in [-0.05, 0) is 31.0 Å². The smallest absolute Gasteiger partial charge is 0.348 e. The fourth-order valence-corrected chi connectivity index (χ4v) is 3.39. The molecule has 0 saturated heterocycles. The molecule has 1 atom stereocenters. The number of hydrogen-bond acceptors (Lipinski definition) is 3. The summed E-state index contributed by atoms with van der Waals surface area (Å²) in [7, 11) is 1.83. The summed E-state index contributed by atoms with van der Waals surface area (Å²) in [5, 5.41) is 3.46. The first-order valence-corrected chi connectivity index (χ1v) is 8.19. The molecular formula is C17H18F3N5. The Morgan fingerprint density at radius 1 is 1.36 bits per heavy atom. The average molecular weight is 349 g/mol. The standard InChI is InChI=1S/C17H18F3N5/c1-25-15-5-2-10(17(18,19)20)6-14(15)24-16(25)8-21-11-3-4-12-13(7-11)23-9-22-12/h2,5-6,9,11,21H,3-4,7-8H2,1H3,(H,22,23). The van der Waals surface area contributed by atoms with Crippen LogP contribution in [0.2, 0.25) is 0 Å². The van der Waals surface area contributed by atoms with E-state index < -0.39 is 11.7 Å². The summed E-state index contributed by atoms with van der Waals surface area (Å²) in [5.74, 6) is 0.727. The molecule has 1 unspecified atom stereocenters. The maximum atomic E-state index is 12.9. The van der Waals surface area contributed by atoms with Crippen LogP contribution in [0.15, 0.2) is 24.5 Å². The molecule has 8 heteroatoms. The van der Waals surface area contributed by atoms with E-state index in [-0.39, 0.29) is 0 Å². The zero-order chi connectivity index (χ0) is 17.6. The highest BCUT2D eigenvalue weighted by Crippen LogP contribution is 2.31. The molecule has 2 heterocycles. The van der Waals surface area contributed by atoms with E-state index in [0.29, 0.717) is 23.6 Å². The summed E-state index contributed by atoms with van der Waals surface area (Å²) in [6.45, 7) is 0.515. The molecule has 0 saturated carbocycles. The second-order valence-electron chi connectivity index (χ2n) is 6.44. The van der Waals surface area contributed by atoms with Gasteiger partial charge < -0.3 is 14.9 Å². The SMILES string of the molecule is Cn1c(CNC2CCc3nc[nH]c3C2)nc2cc(C(F)(F)F)ccc21. The predicted molar refractivity (Wildman–Crippen MR) is 87.0 cm³/mol. The van der Waals surface area contributed by atoms with Crippen LogP contribution in [0.25, 0.3) is 11.0 Å². The molecule has 2 aromatic heterocycles. The molecule has 0 amide bonds. The number of nitrogens with zero attached hydrogens (tertiary/aromatic N) is 3. The Bertz CT molecular complexity index is 909. The first kappa shape index (κ1) is 16.1. The molecule has 2 N–H and O–H groups in total. The van der Waals surface area contributed by atoms with Crippen LogP contribution in [0.4, 0.5) is 13.2 Å². The molecule has 5 nitrogen and oxygen atoms in total. The normalized spacial score (nSPS) is 17.8. The van der Waals surface area contributed by atoms with Crippen molar-refractivity contribution in [2.24, 2.45) is 7.05 Å². The Balaban J connectivity index is 1.51. The lowest BCUT2D eigenvalue weighted by molar-refractivity contribution is -0.137. The molecule has 0 spiro atoms. The zero-order valence-corrected chi connectivity index (χ0v) is 13.7. The number of alkyl halides is 3. The maximum absolute atomic E-state index is 12.9. The lowest BCUT2D eigenvalue weighted by Gasteiger charge is -2.22. The van der Waals surface area contributed by atoms with Gasteiger partial charge in [-0.3, -0.25) is 0 Å². The molecule has 0 aliphatic heterocycles. The number of hydrogen-bond donors (Lipinski definition) is 2. The van der Waals surface area contributed by atoms with Crippen molar-refractivity contribution < 1.29 is 13.2 Å². The quantitative estimate of drug-likeness (QED) is 0.764. The summed E-state index contributed by atoms with van der Waals surface area (Å²) in [4.78, 5) is 11.8. The fourth-order valence-electron chi connectivity index (χ4n) is 3.39. The van der Waals surface area contributed by atoms with Crippen molar-refractivity contribution in [3.63, 3.8) is 0 Å². The van der Waals surface area contributed by atoms with Crippen molar-refractivity contribution in [1.82, 2.24) is 24.8 Å². The van der Waals surface area contributed by atoms with Crippen molar-refractivity contribution in [2.75, 3.05) is 0 Å². The maximum Gasteiger partial charge on any atom is 0.416 e. The first-order valence-electron chi connectivity index (χ1n) is 8.19. The zero-order valence-electron chi connectivity index (χ0n) is 13.7. The number of rotatable bonds is 3. The van der Waals surface area contributed by atoms with Gasteiger partial charge in [0.25, 0.3) is 0 Å². The molecule has 1 aliphatic rings.